The number of rotatable bonds is 5. The van der Waals surface area contributed by atoms with Crippen LogP contribution in [0.1, 0.15) is 20.8 Å². The zero-order valence-electron chi connectivity index (χ0n) is 9.46. The van der Waals surface area contributed by atoms with Crippen molar-refractivity contribution >= 4 is 5.91 Å². The summed E-state index contributed by atoms with van der Waals surface area (Å²) in [4.78, 5) is 16.7. The molecule has 0 aromatic carbocycles. The van der Waals surface area contributed by atoms with Crippen molar-refractivity contribution in [3.8, 4) is 0 Å². The lowest BCUT2D eigenvalue weighted by Crippen LogP contribution is -2.39. The second-order valence-corrected chi connectivity index (χ2v) is 4.08. The molecule has 82 valence electrons. The molecule has 0 aromatic heterocycles. The quantitative estimate of drug-likeness (QED) is 0.530. The molecular formula is C10H20N2O2. The van der Waals surface area contributed by atoms with Gasteiger partial charge in [0.2, 0.25) is 5.91 Å². The van der Waals surface area contributed by atoms with Crippen LogP contribution in [0.15, 0.2) is 12.7 Å². The predicted molar refractivity (Wildman–Crippen MR) is 56.7 cm³/mol. The van der Waals surface area contributed by atoms with E-state index in [-0.39, 0.29) is 18.1 Å². The highest BCUT2D eigenvalue weighted by Crippen LogP contribution is 2.07. The lowest BCUT2D eigenvalue weighted by Gasteiger charge is -2.26. The van der Waals surface area contributed by atoms with E-state index in [1.165, 1.54) is 5.06 Å². The van der Waals surface area contributed by atoms with Gasteiger partial charge in [0.1, 0.15) is 6.54 Å². The summed E-state index contributed by atoms with van der Waals surface area (Å²) in [6.07, 6.45) is 1.64. The van der Waals surface area contributed by atoms with Crippen LogP contribution in [-0.4, -0.2) is 36.7 Å². The molecule has 0 rings (SSSR count). The summed E-state index contributed by atoms with van der Waals surface area (Å²) < 4.78 is 0. The molecular weight excluding hydrogens is 180 g/mol. The van der Waals surface area contributed by atoms with Gasteiger partial charge in [0.15, 0.2) is 0 Å². The minimum Gasteiger partial charge on any atom is -0.351 e. The zero-order valence-corrected chi connectivity index (χ0v) is 9.46. The Balaban J connectivity index is 3.76. The molecule has 0 fully saturated rings. The van der Waals surface area contributed by atoms with E-state index in [1.807, 2.05) is 20.8 Å². The van der Waals surface area contributed by atoms with E-state index in [2.05, 4.69) is 11.9 Å². The van der Waals surface area contributed by atoms with Crippen LogP contribution in [0.5, 0.6) is 0 Å². The molecule has 0 aromatic rings. The first-order valence-electron chi connectivity index (χ1n) is 4.63. The molecule has 0 aliphatic carbocycles. The summed E-state index contributed by atoms with van der Waals surface area (Å²) in [5.41, 5.74) is -0.270. The molecule has 0 aliphatic rings. The van der Waals surface area contributed by atoms with Crippen LogP contribution >= 0.6 is 0 Å². The molecule has 0 unspecified atom stereocenters. The number of nitrogens with one attached hydrogen (secondary N) is 1. The standard InChI is InChI=1S/C10H20N2O2/c1-6-7-11-9(13)8-12(5)14-10(2,3)4/h6H,1,7-8H2,2-5H3,(H,11,13). The van der Waals surface area contributed by atoms with E-state index in [0.29, 0.717) is 6.54 Å². The maximum absolute atomic E-state index is 11.2. The number of likely N-dealkylation sites (N-methyl/N-ethyl adjacent to an activating group) is 1. The maximum Gasteiger partial charge on any atom is 0.236 e. The van der Waals surface area contributed by atoms with Crippen molar-refractivity contribution < 1.29 is 9.63 Å². The van der Waals surface area contributed by atoms with Crippen LogP contribution in [-0.2, 0) is 9.63 Å². The van der Waals surface area contributed by atoms with Gasteiger partial charge in [0.05, 0.1) is 5.60 Å². The van der Waals surface area contributed by atoms with Gasteiger partial charge in [-0.25, -0.2) is 0 Å². The van der Waals surface area contributed by atoms with Gasteiger partial charge in [-0.2, -0.15) is 5.06 Å². The van der Waals surface area contributed by atoms with Crippen molar-refractivity contribution in [3.05, 3.63) is 12.7 Å². The van der Waals surface area contributed by atoms with E-state index in [1.54, 1.807) is 13.1 Å². The first-order valence-corrected chi connectivity index (χ1v) is 4.63. The Bertz CT molecular complexity index is 197. The molecule has 0 spiro atoms. The third-order valence-electron chi connectivity index (χ3n) is 1.24. The van der Waals surface area contributed by atoms with Gasteiger partial charge in [0.25, 0.3) is 0 Å². The molecule has 0 heterocycles. The highest BCUT2D eigenvalue weighted by atomic mass is 16.7. The Kier molecular flexibility index (Phi) is 5.42. The Morgan fingerprint density at radius 2 is 2.14 bits per heavy atom. The Labute approximate surface area is 85.9 Å². The SMILES string of the molecule is C=CCNC(=O)CN(C)OC(C)(C)C. The van der Waals surface area contributed by atoms with Crippen LogP contribution in [0.4, 0.5) is 0 Å². The first kappa shape index (κ1) is 13.1. The molecule has 0 radical (unpaired) electrons. The number of nitrogens with zero attached hydrogens (tertiary/aromatic N) is 1. The molecule has 0 aliphatic heterocycles. The van der Waals surface area contributed by atoms with Gasteiger partial charge < -0.3 is 5.32 Å². The second-order valence-electron chi connectivity index (χ2n) is 4.08. The highest BCUT2D eigenvalue weighted by Gasteiger charge is 2.15. The molecule has 0 saturated heterocycles. The van der Waals surface area contributed by atoms with Crippen molar-refractivity contribution in [3.63, 3.8) is 0 Å². The average Bonchev–Trinajstić information content (AvgIpc) is 1.96. The number of carbonyl (C=O) groups is 1. The molecule has 0 bridgehead atoms. The minimum absolute atomic E-state index is 0.0725. The van der Waals surface area contributed by atoms with Gasteiger partial charge in [-0.3, -0.25) is 9.63 Å². The molecule has 4 heteroatoms. The van der Waals surface area contributed by atoms with Gasteiger partial charge in [0, 0.05) is 13.6 Å². The van der Waals surface area contributed by atoms with Crippen LogP contribution in [0.25, 0.3) is 0 Å². The second kappa shape index (κ2) is 5.78. The molecule has 1 N–H and O–H groups in total. The zero-order chi connectivity index (χ0) is 11.2. The predicted octanol–water partition coefficient (Wildman–Crippen LogP) is 0.950. The molecule has 14 heavy (non-hydrogen) atoms. The van der Waals surface area contributed by atoms with Gasteiger partial charge in [-0.05, 0) is 20.8 Å². The largest absolute Gasteiger partial charge is 0.351 e. The van der Waals surface area contributed by atoms with Crippen molar-refractivity contribution in [1.29, 1.82) is 0 Å². The lowest BCUT2D eigenvalue weighted by molar-refractivity contribution is -0.212. The third kappa shape index (κ3) is 7.76. The van der Waals surface area contributed by atoms with E-state index in [9.17, 15) is 4.79 Å². The normalized spacial score (nSPS) is 11.5. The Morgan fingerprint density at radius 3 is 2.57 bits per heavy atom. The van der Waals surface area contributed by atoms with Crippen molar-refractivity contribution in [2.45, 2.75) is 26.4 Å². The van der Waals surface area contributed by atoms with E-state index < -0.39 is 0 Å². The first-order chi connectivity index (χ1) is 6.35. The van der Waals surface area contributed by atoms with Crippen LogP contribution in [0.3, 0.4) is 0 Å². The van der Waals surface area contributed by atoms with Crippen molar-refractivity contribution in [2.75, 3.05) is 20.1 Å². The summed E-state index contributed by atoms with van der Waals surface area (Å²) in [7, 11) is 1.73. The van der Waals surface area contributed by atoms with Crippen LogP contribution in [0.2, 0.25) is 0 Å². The topological polar surface area (TPSA) is 41.6 Å². The van der Waals surface area contributed by atoms with Gasteiger partial charge >= 0.3 is 0 Å². The van der Waals surface area contributed by atoms with Gasteiger partial charge in [-0.15, -0.1) is 6.58 Å². The van der Waals surface area contributed by atoms with Crippen molar-refractivity contribution in [2.24, 2.45) is 0 Å². The summed E-state index contributed by atoms with van der Waals surface area (Å²) in [6, 6.07) is 0. The van der Waals surface area contributed by atoms with E-state index in [4.69, 9.17) is 4.84 Å². The average molecular weight is 200 g/mol. The summed E-state index contributed by atoms with van der Waals surface area (Å²) in [6.45, 7) is 10.0. The lowest BCUT2D eigenvalue weighted by atomic mass is 10.2. The van der Waals surface area contributed by atoms with Crippen LogP contribution < -0.4 is 5.32 Å². The van der Waals surface area contributed by atoms with Crippen molar-refractivity contribution in [1.82, 2.24) is 10.4 Å². The Morgan fingerprint density at radius 1 is 1.57 bits per heavy atom. The maximum atomic E-state index is 11.2. The number of hydroxylamine groups is 2. The number of carbonyl (C=O) groups excluding carboxylic acids is 1. The van der Waals surface area contributed by atoms with Crippen LogP contribution in [0, 0.1) is 0 Å². The molecule has 1 amide bonds. The number of hydrogen-bond acceptors (Lipinski definition) is 3. The monoisotopic (exact) mass is 200 g/mol. The number of amides is 1. The third-order valence-corrected chi connectivity index (χ3v) is 1.24. The molecule has 0 saturated carbocycles. The number of hydrogen-bond donors (Lipinski definition) is 1. The van der Waals surface area contributed by atoms with E-state index in [0.717, 1.165) is 0 Å². The highest BCUT2D eigenvalue weighted by molar-refractivity contribution is 5.77. The fourth-order valence-electron chi connectivity index (χ4n) is 0.944. The summed E-state index contributed by atoms with van der Waals surface area (Å²) in [5, 5.41) is 4.20. The fourth-order valence-corrected chi connectivity index (χ4v) is 0.944. The summed E-state index contributed by atoms with van der Waals surface area (Å²) in [5.74, 6) is -0.0725. The molecule has 0 atom stereocenters. The van der Waals surface area contributed by atoms with E-state index >= 15 is 0 Å². The fraction of sp³-hybridized carbons (Fsp3) is 0.700. The molecule has 4 nitrogen and oxygen atoms in total. The van der Waals surface area contributed by atoms with Gasteiger partial charge in [-0.1, -0.05) is 6.08 Å². The smallest absolute Gasteiger partial charge is 0.236 e. The minimum atomic E-state index is -0.270. The Hall–Kier alpha value is -0.870. The summed E-state index contributed by atoms with van der Waals surface area (Å²) >= 11 is 0.